The predicted molar refractivity (Wildman–Crippen MR) is 54.7 cm³/mol. The van der Waals surface area contributed by atoms with Crippen molar-refractivity contribution in [1.82, 2.24) is 19.3 Å². The molecule has 2 rings (SSSR count). The number of nitrogens with zero attached hydrogens (tertiary/aromatic N) is 5. The molecule has 0 N–H and O–H groups in total. The first-order chi connectivity index (χ1) is 7.09. The molecule has 0 spiro atoms. The summed E-state index contributed by atoms with van der Waals surface area (Å²) in [5, 5.41) is 14.7. The minimum Gasteiger partial charge on any atom is -0.358 e. The van der Waals surface area contributed by atoms with Crippen LogP contribution < -0.4 is 0 Å². The molecule has 0 aliphatic carbocycles. The molecule has 0 saturated carbocycles. The summed E-state index contributed by atoms with van der Waals surface area (Å²) in [5.74, 6) is 0.110. The van der Waals surface area contributed by atoms with Gasteiger partial charge in [0.25, 0.3) is 0 Å². The van der Waals surface area contributed by atoms with Crippen molar-refractivity contribution in [2.45, 2.75) is 0 Å². The van der Waals surface area contributed by atoms with Crippen LogP contribution in [0, 0.1) is 10.1 Å². The Morgan fingerprint density at radius 3 is 2.87 bits per heavy atom. The highest BCUT2D eigenvalue weighted by atomic mass is 79.9. The van der Waals surface area contributed by atoms with Crippen LogP contribution >= 0.6 is 15.9 Å². The van der Waals surface area contributed by atoms with E-state index in [0.29, 0.717) is 10.4 Å². The van der Waals surface area contributed by atoms with Crippen LogP contribution in [0.25, 0.3) is 5.82 Å². The van der Waals surface area contributed by atoms with Gasteiger partial charge in [0.15, 0.2) is 0 Å². The first-order valence-electron chi connectivity index (χ1n) is 3.97. The van der Waals surface area contributed by atoms with E-state index in [-0.39, 0.29) is 5.82 Å². The summed E-state index contributed by atoms with van der Waals surface area (Å²) in [4.78, 5) is 13.8. The molecule has 0 radical (unpaired) electrons. The van der Waals surface area contributed by atoms with E-state index >= 15 is 0 Å². The van der Waals surface area contributed by atoms with Crippen molar-refractivity contribution >= 4 is 21.7 Å². The fourth-order valence-electron chi connectivity index (χ4n) is 1.22. The summed E-state index contributed by atoms with van der Waals surface area (Å²) >= 11 is 3.17. The second-order valence-corrected chi connectivity index (χ2v) is 3.66. The standard InChI is InChI=1S/C7H6BrN5O2/c1-11-4-9-6(13(14)15)7(11)12-3-2-5(8)10-12/h2-4H,1H3. The second-order valence-electron chi connectivity index (χ2n) is 2.84. The molecule has 0 amide bonds. The third-order valence-electron chi connectivity index (χ3n) is 1.83. The smallest absolute Gasteiger partial charge is 0.358 e. The number of aryl methyl sites for hydroxylation is 1. The summed E-state index contributed by atoms with van der Waals surface area (Å²) in [5.41, 5.74) is 0. The summed E-state index contributed by atoms with van der Waals surface area (Å²) in [6.07, 6.45) is 3.00. The van der Waals surface area contributed by atoms with Gasteiger partial charge in [-0.15, -0.1) is 0 Å². The summed E-state index contributed by atoms with van der Waals surface area (Å²) < 4.78 is 3.55. The van der Waals surface area contributed by atoms with Crippen LogP contribution in [0.4, 0.5) is 5.82 Å². The van der Waals surface area contributed by atoms with Crippen molar-refractivity contribution in [2.75, 3.05) is 0 Å². The lowest BCUT2D eigenvalue weighted by atomic mass is 10.6. The maximum atomic E-state index is 10.7. The quantitative estimate of drug-likeness (QED) is 0.609. The number of aromatic nitrogens is 4. The predicted octanol–water partition coefficient (Wildman–Crippen LogP) is 1.28. The highest BCUT2D eigenvalue weighted by Gasteiger charge is 2.22. The number of hydrogen-bond donors (Lipinski definition) is 0. The summed E-state index contributed by atoms with van der Waals surface area (Å²) in [6.45, 7) is 0. The van der Waals surface area contributed by atoms with E-state index in [1.807, 2.05) is 0 Å². The molecule has 2 heterocycles. The summed E-state index contributed by atoms with van der Waals surface area (Å²) in [6, 6.07) is 1.69. The van der Waals surface area contributed by atoms with Crippen LogP contribution in [0.5, 0.6) is 0 Å². The zero-order valence-electron chi connectivity index (χ0n) is 7.66. The Morgan fingerprint density at radius 1 is 1.60 bits per heavy atom. The lowest BCUT2D eigenvalue weighted by Gasteiger charge is -2.00. The average Bonchev–Trinajstić information content (AvgIpc) is 2.71. The fraction of sp³-hybridized carbons (Fsp3) is 0.143. The molecule has 0 saturated heterocycles. The normalized spacial score (nSPS) is 10.5. The van der Waals surface area contributed by atoms with Crippen LogP contribution in [0.15, 0.2) is 23.2 Å². The van der Waals surface area contributed by atoms with Crippen molar-refractivity contribution in [3.05, 3.63) is 33.3 Å². The van der Waals surface area contributed by atoms with Crippen molar-refractivity contribution in [1.29, 1.82) is 0 Å². The van der Waals surface area contributed by atoms with E-state index < -0.39 is 4.92 Å². The molecule has 15 heavy (non-hydrogen) atoms. The Morgan fingerprint density at radius 2 is 2.33 bits per heavy atom. The van der Waals surface area contributed by atoms with E-state index in [2.05, 4.69) is 26.0 Å². The van der Waals surface area contributed by atoms with E-state index in [1.54, 1.807) is 19.3 Å². The Kier molecular flexibility index (Phi) is 2.27. The number of rotatable bonds is 2. The minimum absolute atomic E-state index is 0.215. The average molecular weight is 272 g/mol. The second kappa shape index (κ2) is 3.46. The van der Waals surface area contributed by atoms with Crippen LogP contribution in [-0.4, -0.2) is 24.3 Å². The van der Waals surface area contributed by atoms with Gasteiger partial charge < -0.3 is 10.1 Å². The van der Waals surface area contributed by atoms with E-state index in [0.717, 1.165) is 0 Å². The van der Waals surface area contributed by atoms with Crippen LogP contribution in [-0.2, 0) is 7.05 Å². The minimum atomic E-state index is -0.537. The molecule has 7 nitrogen and oxygen atoms in total. The summed E-state index contributed by atoms with van der Waals surface area (Å²) in [7, 11) is 1.67. The third kappa shape index (κ3) is 1.63. The maximum absolute atomic E-state index is 10.7. The highest BCUT2D eigenvalue weighted by molar-refractivity contribution is 9.10. The molecule has 2 aromatic heterocycles. The van der Waals surface area contributed by atoms with Gasteiger partial charge in [-0.1, -0.05) is 0 Å². The highest BCUT2D eigenvalue weighted by Crippen LogP contribution is 2.20. The van der Waals surface area contributed by atoms with Gasteiger partial charge in [0, 0.05) is 13.2 Å². The van der Waals surface area contributed by atoms with E-state index in [4.69, 9.17) is 0 Å². The van der Waals surface area contributed by atoms with Gasteiger partial charge in [0.1, 0.15) is 4.60 Å². The molecule has 2 aromatic rings. The maximum Gasteiger partial charge on any atom is 0.408 e. The molecule has 0 fully saturated rings. The molecular weight excluding hydrogens is 266 g/mol. The Bertz CT molecular complexity index is 517. The van der Waals surface area contributed by atoms with Gasteiger partial charge >= 0.3 is 5.82 Å². The van der Waals surface area contributed by atoms with Crippen molar-refractivity contribution < 1.29 is 4.92 Å². The van der Waals surface area contributed by atoms with Gasteiger partial charge in [-0.2, -0.15) is 5.10 Å². The molecule has 0 aliphatic rings. The van der Waals surface area contributed by atoms with E-state index in [1.165, 1.54) is 15.6 Å². The number of nitro groups is 1. The molecule has 0 aliphatic heterocycles. The topological polar surface area (TPSA) is 78.8 Å². The number of hydrogen-bond acceptors (Lipinski definition) is 4. The lowest BCUT2D eigenvalue weighted by Crippen LogP contribution is -2.04. The zero-order valence-corrected chi connectivity index (χ0v) is 9.25. The van der Waals surface area contributed by atoms with Crippen molar-refractivity contribution in [3.63, 3.8) is 0 Å². The molecule has 0 atom stereocenters. The first kappa shape index (κ1) is 9.84. The zero-order chi connectivity index (χ0) is 11.0. The van der Waals surface area contributed by atoms with Gasteiger partial charge in [-0.05, 0) is 31.9 Å². The first-order valence-corrected chi connectivity index (χ1v) is 4.76. The van der Waals surface area contributed by atoms with Gasteiger partial charge in [0.05, 0.1) is 0 Å². The van der Waals surface area contributed by atoms with Gasteiger partial charge in [0.2, 0.25) is 12.1 Å². The van der Waals surface area contributed by atoms with Crippen molar-refractivity contribution in [2.24, 2.45) is 7.05 Å². The van der Waals surface area contributed by atoms with Crippen LogP contribution in [0.1, 0.15) is 0 Å². The Balaban J connectivity index is 2.60. The fourth-order valence-corrected chi connectivity index (χ4v) is 1.51. The molecule has 0 unspecified atom stereocenters. The SMILES string of the molecule is Cn1cnc([N+](=O)[O-])c1-n1ccc(Br)n1. The van der Waals surface area contributed by atoms with Crippen LogP contribution in [0.3, 0.4) is 0 Å². The Labute approximate surface area is 92.6 Å². The Hall–Kier alpha value is -1.70. The number of imidazole rings is 1. The molecular formula is C7H6BrN5O2. The monoisotopic (exact) mass is 271 g/mol. The van der Waals surface area contributed by atoms with Gasteiger partial charge in [-0.3, -0.25) is 4.57 Å². The molecule has 8 heteroatoms. The molecule has 0 bridgehead atoms. The number of halogens is 1. The largest absolute Gasteiger partial charge is 0.408 e. The molecule has 78 valence electrons. The van der Waals surface area contributed by atoms with E-state index in [9.17, 15) is 10.1 Å². The van der Waals surface area contributed by atoms with Gasteiger partial charge in [-0.25, -0.2) is 4.68 Å². The van der Waals surface area contributed by atoms with Crippen LogP contribution in [0.2, 0.25) is 0 Å². The lowest BCUT2D eigenvalue weighted by molar-refractivity contribution is -0.389. The third-order valence-corrected chi connectivity index (χ3v) is 2.26. The molecule has 0 aromatic carbocycles. The van der Waals surface area contributed by atoms with Crippen molar-refractivity contribution in [3.8, 4) is 5.82 Å².